The second kappa shape index (κ2) is 11.3. The van der Waals surface area contributed by atoms with Gasteiger partial charge in [-0.05, 0) is 68.6 Å². The number of imide groups is 1. The average molecular weight is 599 g/mol. The molecule has 11 heteroatoms. The molecule has 5 heterocycles. The van der Waals surface area contributed by atoms with E-state index in [2.05, 4.69) is 17.6 Å². The molecule has 2 bridgehead atoms. The van der Waals surface area contributed by atoms with Gasteiger partial charge in [0, 0.05) is 36.8 Å². The molecular weight excluding hydrogens is 556 g/mol. The minimum atomic E-state index is -0.915. The van der Waals surface area contributed by atoms with Gasteiger partial charge in [-0.2, -0.15) is 0 Å². The zero-order chi connectivity index (χ0) is 30.6. The van der Waals surface area contributed by atoms with E-state index >= 15 is 0 Å². The lowest BCUT2D eigenvalue weighted by Crippen LogP contribution is -2.70. The average Bonchev–Trinajstić information content (AvgIpc) is 3.21. The van der Waals surface area contributed by atoms with Crippen molar-refractivity contribution in [2.75, 3.05) is 5.32 Å². The van der Waals surface area contributed by atoms with Crippen molar-refractivity contribution in [1.82, 2.24) is 5.32 Å². The lowest BCUT2D eigenvalue weighted by molar-refractivity contribution is -0.576. The van der Waals surface area contributed by atoms with Crippen LogP contribution in [0.2, 0.25) is 0 Å². The lowest BCUT2D eigenvalue weighted by atomic mass is 9.58. The Morgan fingerprint density at radius 3 is 2.51 bits per heavy atom. The molecule has 2 N–H and O–H groups in total. The van der Waals surface area contributed by atoms with Crippen molar-refractivity contribution in [3.63, 3.8) is 0 Å². The number of ether oxygens (including phenoxy) is 3. The molecule has 1 aromatic rings. The van der Waals surface area contributed by atoms with E-state index < -0.39 is 35.4 Å². The summed E-state index contributed by atoms with van der Waals surface area (Å²) >= 11 is 0. The normalized spacial score (nSPS) is 40.2. The molecule has 1 aliphatic carbocycles. The second-order valence-electron chi connectivity index (χ2n) is 13.2. The largest absolute Gasteiger partial charge is 0.435 e. The summed E-state index contributed by atoms with van der Waals surface area (Å²) in [5.41, 5.74) is -0.166. The molecule has 6 fully saturated rings. The number of piperidine rings is 1. The molecule has 0 radical (unpaired) electrons. The summed E-state index contributed by atoms with van der Waals surface area (Å²) in [5.74, 6) is -1.79. The summed E-state index contributed by atoms with van der Waals surface area (Å²) in [6.07, 6.45) is 3.13. The zero-order valence-electron chi connectivity index (χ0n) is 25.3. The summed E-state index contributed by atoms with van der Waals surface area (Å²) in [4.78, 5) is 61.8. The highest BCUT2D eigenvalue weighted by Crippen LogP contribution is 2.60. The Hall–Kier alpha value is -2.86. The van der Waals surface area contributed by atoms with Crippen LogP contribution in [-0.2, 0) is 48.6 Å². The third kappa shape index (κ3) is 5.18. The van der Waals surface area contributed by atoms with Crippen LogP contribution in [0.4, 0.5) is 5.69 Å². The Kier molecular flexibility index (Phi) is 7.90. The summed E-state index contributed by atoms with van der Waals surface area (Å²) in [6.45, 7) is 8.02. The van der Waals surface area contributed by atoms with Gasteiger partial charge in [0.2, 0.25) is 29.8 Å². The van der Waals surface area contributed by atoms with E-state index in [0.29, 0.717) is 30.9 Å². The Morgan fingerprint density at radius 2 is 1.79 bits per heavy atom. The number of carbonyl (C=O) groups is 4. The van der Waals surface area contributed by atoms with Crippen LogP contribution in [0.3, 0.4) is 0 Å². The summed E-state index contributed by atoms with van der Waals surface area (Å²) < 4.78 is 18.4. The number of anilines is 1. The number of rotatable bonds is 7. The quantitative estimate of drug-likeness (QED) is 0.268. The number of hydrogen-bond donors (Lipinski definition) is 2. The van der Waals surface area contributed by atoms with Crippen molar-refractivity contribution in [1.29, 1.82) is 0 Å². The number of amides is 3. The van der Waals surface area contributed by atoms with Gasteiger partial charge in [0.15, 0.2) is 11.9 Å². The fourth-order valence-electron chi connectivity index (χ4n) is 8.07. The minimum Gasteiger partial charge on any atom is -0.435 e. The molecule has 43 heavy (non-hydrogen) atoms. The van der Waals surface area contributed by atoms with E-state index in [-0.39, 0.29) is 54.7 Å². The van der Waals surface area contributed by atoms with Gasteiger partial charge in [-0.15, -0.1) is 0 Å². The van der Waals surface area contributed by atoms with E-state index in [1.165, 1.54) is 0 Å². The molecule has 1 aromatic carbocycles. The third-order valence-corrected chi connectivity index (χ3v) is 10.7. The van der Waals surface area contributed by atoms with Crippen LogP contribution in [0.15, 0.2) is 24.3 Å². The topological polar surface area (TPSA) is 138 Å². The Balaban J connectivity index is 1.04. The highest BCUT2D eigenvalue weighted by molar-refractivity contribution is 6.03. The molecule has 0 aromatic heterocycles. The molecule has 4 unspecified atom stereocenters. The van der Waals surface area contributed by atoms with Gasteiger partial charge in [0.05, 0.1) is 11.8 Å². The number of benzene rings is 1. The van der Waals surface area contributed by atoms with Crippen molar-refractivity contribution >= 4 is 29.4 Å². The predicted octanol–water partition coefficient (Wildman–Crippen LogP) is 4.24. The van der Waals surface area contributed by atoms with Crippen LogP contribution in [0, 0.1) is 23.7 Å². The summed E-state index contributed by atoms with van der Waals surface area (Å²) in [7, 11) is 0. The second-order valence-corrected chi connectivity index (χ2v) is 13.2. The molecule has 1 spiro atoms. The van der Waals surface area contributed by atoms with Crippen LogP contribution < -0.4 is 10.6 Å². The molecule has 3 amide bonds. The Bertz CT molecular complexity index is 1290. The zero-order valence-corrected chi connectivity index (χ0v) is 25.3. The summed E-state index contributed by atoms with van der Waals surface area (Å²) in [6, 6.07) is 7.05. The van der Waals surface area contributed by atoms with Crippen molar-refractivity contribution in [3.05, 3.63) is 29.8 Å². The molecule has 234 valence electrons. The first-order valence-corrected chi connectivity index (χ1v) is 15.6. The number of esters is 1. The molecule has 9 atom stereocenters. The molecule has 6 aliphatic rings. The Labute approximate surface area is 251 Å². The van der Waals surface area contributed by atoms with Gasteiger partial charge in [0.25, 0.3) is 0 Å². The van der Waals surface area contributed by atoms with Crippen LogP contribution in [0.25, 0.3) is 0 Å². The monoisotopic (exact) mass is 598 g/mol. The van der Waals surface area contributed by atoms with Gasteiger partial charge < -0.3 is 19.5 Å². The predicted molar refractivity (Wildman–Crippen MR) is 152 cm³/mol. The maximum atomic E-state index is 12.9. The Morgan fingerprint density at radius 1 is 1.02 bits per heavy atom. The maximum absolute atomic E-state index is 12.9. The van der Waals surface area contributed by atoms with E-state index in [0.717, 1.165) is 24.8 Å². The SMILES string of the molecule is CCC1(c2ccc(NC(=O)CCC(=O)O[C@@H]3O[C@@H]4OC5(C)CCC6[C@H](C)CC[C@@H]([C@H]3C)C64OO5)cc2)CCC(=O)NC1=O. The van der Waals surface area contributed by atoms with Gasteiger partial charge in [-0.1, -0.05) is 32.9 Å². The van der Waals surface area contributed by atoms with E-state index in [1.807, 2.05) is 20.8 Å². The van der Waals surface area contributed by atoms with E-state index in [4.69, 9.17) is 24.0 Å². The van der Waals surface area contributed by atoms with Crippen LogP contribution in [0.1, 0.15) is 91.0 Å². The minimum absolute atomic E-state index is 0.0335. The lowest BCUT2D eigenvalue weighted by Gasteiger charge is -2.59. The fraction of sp³-hybridized carbons (Fsp3) is 0.688. The van der Waals surface area contributed by atoms with Gasteiger partial charge in [-0.3, -0.25) is 24.5 Å². The smallest absolute Gasteiger partial charge is 0.308 e. The molecule has 7 rings (SSSR count). The third-order valence-electron chi connectivity index (χ3n) is 10.7. The number of fused-ring (bicyclic) bond motifs is 2. The number of hydrogen-bond acceptors (Lipinski definition) is 9. The number of nitrogens with one attached hydrogen (secondary N) is 2. The molecule has 1 saturated carbocycles. The first-order chi connectivity index (χ1) is 20.5. The molecule has 5 saturated heterocycles. The molecular formula is C32H42N2O9. The van der Waals surface area contributed by atoms with Gasteiger partial charge in [-0.25, -0.2) is 9.78 Å². The summed E-state index contributed by atoms with van der Waals surface area (Å²) in [5, 5.41) is 5.25. The number of carbonyl (C=O) groups excluding carboxylic acids is 4. The van der Waals surface area contributed by atoms with Crippen molar-refractivity contribution in [2.24, 2.45) is 23.7 Å². The highest BCUT2D eigenvalue weighted by Gasteiger charge is 2.69. The van der Waals surface area contributed by atoms with Crippen molar-refractivity contribution < 1.29 is 43.2 Å². The van der Waals surface area contributed by atoms with E-state index in [9.17, 15) is 19.2 Å². The first kappa shape index (κ1) is 30.2. The molecule has 5 aliphatic heterocycles. The van der Waals surface area contributed by atoms with Crippen LogP contribution in [0.5, 0.6) is 0 Å². The maximum Gasteiger partial charge on any atom is 0.308 e. The first-order valence-electron chi connectivity index (χ1n) is 15.6. The fourth-order valence-corrected chi connectivity index (χ4v) is 8.07. The van der Waals surface area contributed by atoms with Crippen LogP contribution >= 0.6 is 0 Å². The highest BCUT2D eigenvalue weighted by atomic mass is 17.3. The van der Waals surface area contributed by atoms with Crippen LogP contribution in [-0.4, -0.2) is 47.7 Å². The van der Waals surface area contributed by atoms with Crippen molar-refractivity contribution in [2.45, 2.75) is 115 Å². The van der Waals surface area contributed by atoms with Crippen molar-refractivity contribution in [3.8, 4) is 0 Å². The molecule has 11 nitrogen and oxygen atoms in total. The van der Waals surface area contributed by atoms with E-state index in [1.54, 1.807) is 24.3 Å². The van der Waals surface area contributed by atoms with Gasteiger partial charge in [0.1, 0.15) is 0 Å². The van der Waals surface area contributed by atoms with Gasteiger partial charge >= 0.3 is 5.97 Å². The standard InChI is InChI=1S/C32H42N2O9/c1-5-31(17-15-25(36)34-28(31)38)20-7-9-21(10-8-20)33-24(35)12-13-26(37)39-27-19(3)23-11-6-18(2)22-14-16-30(4)41-29(40-27)32(22,23)43-42-30/h7-10,18-19,22-23,27,29H,5-6,11-17H2,1-4H3,(H,33,35)(H,34,36,38)/t18-,19-,22?,23+,27-,29-,30?,31?,32?/m1/s1.